The van der Waals surface area contributed by atoms with Crippen LogP contribution < -0.4 is 5.84 Å². The number of hydrogen-bond donors (Lipinski definition) is 1. The minimum atomic E-state index is 0.687. The Balaban J connectivity index is 2.11. The number of hydrazone groups is 1. The molecular formula is C14H21N3. The number of likely N-dealkylation sites (tertiary alicyclic amines) is 1. The Hall–Kier alpha value is -1.35. The minimum absolute atomic E-state index is 0.687. The molecule has 1 heterocycles. The van der Waals surface area contributed by atoms with Crippen molar-refractivity contribution < 1.29 is 0 Å². The molecule has 0 aromatic heterocycles. The van der Waals surface area contributed by atoms with Crippen LogP contribution in [0.25, 0.3) is 0 Å². The summed E-state index contributed by atoms with van der Waals surface area (Å²) in [5.41, 5.74) is 2.45. The molecule has 3 nitrogen and oxygen atoms in total. The van der Waals surface area contributed by atoms with Gasteiger partial charge in [-0.25, -0.2) is 0 Å². The van der Waals surface area contributed by atoms with Gasteiger partial charge >= 0.3 is 0 Å². The van der Waals surface area contributed by atoms with E-state index in [9.17, 15) is 0 Å². The quantitative estimate of drug-likeness (QED) is 0.493. The van der Waals surface area contributed by atoms with Crippen LogP contribution in [0.4, 0.5) is 0 Å². The van der Waals surface area contributed by atoms with Gasteiger partial charge in [-0.05, 0) is 37.4 Å². The number of nitrogens with two attached hydrogens (primary N) is 1. The van der Waals surface area contributed by atoms with Gasteiger partial charge in [0.1, 0.15) is 0 Å². The lowest BCUT2D eigenvalue weighted by atomic mass is 10.0. The number of nitrogens with zero attached hydrogens (tertiary/aromatic N) is 2. The Morgan fingerprint density at radius 1 is 1.41 bits per heavy atom. The molecule has 1 aliphatic rings. The SMILES string of the molecule is CC1CCCCN1Cc1ccccc1C=NN. The maximum atomic E-state index is 5.25. The molecule has 0 amide bonds. The van der Waals surface area contributed by atoms with Crippen molar-refractivity contribution in [2.75, 3.05) is 6.54 Å². The molecule has 3 heteroatoms. The molecule has 1 unspecified atom stereocenters. The maximum absolute atomic E-state index is 5.25. The van der Waals surface area contributed by atoms with Crippen molar-refractivity contribution in [3.63, 3.8) is 0 Å². The lowest BCUT2D eigenvalue weighted by Gasteiger charge is -2.33. The zero-order valence-electron chi connectivity index (χ0n) is 10.5. The number of benzene rings is 1. The topological polar surface area (TPSA) is 41.6 Å². The molecule has 92 valence electrons. The summed E-state index contributed by atoms with van der Waals surface area (Å²) in [6, 6.07) is 9.03. The smallest absolute Gasteiger partial charge is 0.0541 e. The maximum Gasteiger partial charge on any atom is 0.0541 e. The van der Waals surface area contributed by atoms with Gasteiger partial charge in [-0.15, -0.1) is 0 Å². The first kappa shape index (κ1) is 12.1. The van der Waals surface area contributed by atoms with Crippen LogP contribution in [0, 0.1) is 0 Å². The highest BCUT2D eigenvalue weighted by atomic mass is 15.2. The summed E-state index contributed by atoms with van der Waals surface area (Å²) in [6.07, 6.45) is 5.73. The highest BCUT2D eigenvalue weighted by Gasteiger charge is 2.18. The van der Waals surface area contributed by atoms with Gasteiger partial charge in [0.2, 0.25) is 0 Å². The molecule has 1 fully saturated rings. The Labute approximate surface area is 103 Å². The molecule has 0 saturated carbocycles. The second-order valence-electron chi connectivity index (χ2n) is 4.79. The Bertz CT molecular complexity index is 387. The molecule has 0 spiro atoms. The molecule has 1 aromatic rings. The predicted octanol–water partition coefficient (Wildman–Crippen LogP) is 2.35. The Morgan fingerprint density at radius 2 is 2.24 bits per heavy atom. The summed E-state index contributed by atoms with van der Waals surface area (Å²) < 4.78 is 0. The molecule has 0 aliphatic carbocycles. The molecule has 2 rings (SSSR count). The van der Waals surface area contributed by atoms with Crippen molar-refractivity contribution in [1.29, 1.82) is 0 Å². The molecule has 1 atom stereocenters. The van der Waals surface area contributed by atoms with Crippen molar-refractivity contribution in [2.24, 2.45) is 10.9 Å². The summed E-state index contributed by atoms with van der Waals surface area (Å²) in [4.78, 5) is 2.55. The van der Waals surface area contributed by atoms with Crippen LogP contribution in [-0.2, 0) is 6.54 Å². The zero-order valence-corrected chi connectivity index (χ0v) is 10.5. The highest BCUT2D eigenvalue weighted by molar-refractivity contribution is 5.81. The van der Waals surface area contributed by atoms with E-state index < -0.39 is 0 Å². The largest absolute Gasteiger partial charge is 0.323 e. The van der Waals surface area contributed by atoms with Gasteiger partial charge in [-0.2, -0.15) is 5.10 Å². The van der Waals surface area contributed by atoms with E-state index >= 15 is 0 Å². The normalized spacial score (nSPS) is 22.1. The summed E-state index contributed by atoms with van der Waals surface area (Å²) in [5, 5.41) is 3.64. The summed E-state index contributed by atoms with van der Waals surface area (Å²) >= 11 is 0. The van der Waals surface area contributed by atoms with E-state index in [1.807, 2.05) is 6.07 Å². The van der Waals surface area contributed by atoms with Crippen LogP contribution >= 0.6 is 0 Å². The summed E-state index contributed by atoms with van der Waals surface area (Å²) in [6.45, 7) is 4.53. The lowest BCUT2D eigenvalue weighted by molar-refractivity contribution is 0.152. The van der Waals surface area contributed by atoms with Gasteiger partial charge in [-0.3, -0.25) is 4.90 Å². The minimum Gasteiger partial charge on any atom is -0.323 e. The van der Waals surface area contributed by atoms with Gasteiger partial charge in [0, 0.05) is 12.6 Å². The average Bonchev–Trinajstić information content (AvgIpc) is 2.35. The van der Waals surface area contributed by atoms with Crippen molar-refractivity contribution >= 4 is 6.21 Å². The van der Waals surface area contributed by atoms with E-state index in [0.717, 1.165) is 12.1 Å². The van der Waals surface area contributed by atoms with Gasteiger partial charge in [0.15, 0.2) is 0 Å². The molecule has 17 heavy (non-hydrogen) atoms. The first-order valence-corrected chi connectivity index (χ1v) is 6.36. The standard InChI is InChI=1S/C14H21N3/c1-12-6-4-5-9-17(12)11-14-8-3-2-7-13(14)10-16-15/h2-3,7-8,10,12H,4-6,9,11,15H2,1H3. The first-order chi connectivity index (χ1) is 8.31. The number of hydrogen-bond acceptors (Lipinski definition) is 3. The van der Waals surface area contributed by atoms with E-state index in [0.29, 0.717) is 6.04 Å². The van der Waals surface area contributed by atoms with Crippen LogP contribution in [0.1, 0.15) is 37.3 Å². The summed E-state index contributed by atoms with van der Waals surface area (Å²) in [5.74, 6) is 5.25. The fraction of sp³-hybridized carbons (Fsp3) is 0.500. The van der Waals surface area contributed by atoms with E-state index in [1.165, 1.54) is 31.4 Å². The van der Waals surface area contributed by atoms with E-state index in [2.05, 4.69) is 35.1 Å². The Morgan fingerprint density at radius 3 is 3.00 bits per heavy atom. The average molecular weight is 231 g/mol. The third-order valence-corrected chi connectivity index (χ3v) is 3.58. The van der Waals surface area contributed by atoms with Crippen LogP contribution in [0.3, 0.4) is 0 Å². The molecular weight excluding hydrogens is 210 g/mol. The predicted molar refractivity (Wildman–Crippen MR) is 71.9 cm³/mol. The molecule has 1 aliphatic heterocycles. The van der Waals surface area contributed by atoms with Crippen LogP contribution in [0.5, 0.6) is 0 Å². The fourth-order valence-corrected chi connectivity index (χ4v) is 2.50. The van der Waals surface area contributed by atoms with Crippen molar-refractivity contribution in [1.82, 2.24) is 4.90 Å². The highest BCUT2D eigenvalue weighted by Crippen LogP contribution is 2.20. The molecule has 2 N–H and O–H groups in total. The van der Waals surface area contributed by atoms with Gasteiger partial charge in [-0.1, -0.05) is 30.7 Å². The third-order valence-electron chi connectivity index (χ3n) is 3.58. The fourth-order valence-electron chi connectivity index (χ4n) is 2.50. The van der Waals surface area contributed by atoms with Crippen LogP contribution in [-0.4, -0.2) is 23.7 Å². The van der Waals surface area contributed by atoms with Crippen molar-refractivity contribution in [3.8, 4) is 0 Å². The van der Waals surface area contributed by atoms with E-state index in [4.69, 9.17) is 5.84 Å². The number of rotatable bonds is 3. The molecule has 1 aromatic carbocycles. The van der Waals surface area contributed by atoms with Gasteiger partial charge < -0.3 is 5.84 Å². The molecule has 1 saturated heterocycles. The first-order valence-electron chi connectivity index (χ1n) is 6.36. The monoisotopic (exact) mass is 231 g/mol. The van der Waals surface area contributed by atoms with Crippen molar-refractivity contribution in [3.05, 3.63) is 35.4 Å². The van der Waals surface area contributed by atoms with Crippen LogP contribution in [0.15, 0.2) is 29.4 Å². The second-order valence-corrected chi connectivity index (χ2v) is 4.79. The molecule has 0 bridgehead atoms. The zero-order chi connectivity index (χ0) is 12.1. The third kappa shape index (κ3) is 3.07. The lowest BCUT2D eigenvalue weighted by Crippen LogP contribution is -2.36. The Kier molecular flexibility index (Phi) is 4.15. The second kappa shape index (κ2) is 5.82. The van der Waals surface area contributed by atoms with E-state index in [-0.39, 0.29) is 0 Å². The number of piperidine rings is 1. The van der Waals surface area contributed by atoms with Gasteiger partial charge in [0.05, 0.1) is 6.21 Å². The summed E-state index contributed by atoms with van der Waals surface area (Å²) in [7, 11) is 0. The van der Waals surface area contributed by atoms with Crippen molar-refractivity contribution in [2.45, 2.75) is 38.8 Å². The van der Waals surface area contributed by atoms with Crippen LogP contribution in [0.2, 0.25) is 0 Å². The molecule has 0 radical (unpaired) electrons. The van der Waals surface area contributed by atoms with E-state index in [1.54, 1.807) is 6.21 Å². The van der Waals surface area contributed by atoms with Gasteiger partial charge in [0.25, 0.3) is 0 Å².